The monoisotopic (exact) mass is 926 g/mol. The predicted octanol–water partition coefficient (Wildman–Crippen LogP) is 10.3. The first-order chi connectivity index (χ1) is 32.7. The zero-order valence-corrected chi connectivity index (χ0v) is 39.0. The van der Waals surface area contributed by atoms with E-state index in [-0.39, 0.29) is 41.7 Å². The van der Waals surface area contributed by atoms with Gasteiger partial charge in [-0.25, -0.2) is 14.8 Å². The van der Waals surface area contributed by atoms with E-state index in [0.29, 0.717) is 78.0 Å². The van der Waals surface area contributed by atoms with Gasteiger partial charge in [-0.05, 0) is 141 Å². The number of hydrogen-bond acceptors (Lipinski definition) is 11. The number of carbonyl (C=O) groups is 5. The molecule has 3 N–H and O–H groups in total. The molecule has 0 radical (unpaired) electrons. The van der Waals surface area contributed by atoms with E-state index in [1.807, 2.05) is 119 Å². The molecule has 1 unspecified atom stereocenters. The van der Waals surface area contributed by atoms with Crippen LogP contribution in [0.2, 0.25) is 0 Å². The van der Waals surface area contributed by atoms with Crippen molar-refractivity contribution in [3.63, 3.8) is 0 Å². The van der Waals surface area contributed by atoms with E-state index in [1.165, 1.54) is 11.3 Å². The van der Waals surface area contributed by atoms with Crippen molar-refractivity contribution in [2.75, 3.05) is 22.1 Å². The van der Waals surface area contributed by atoms with Gasteiger partial charge >= 0.3 is 5.97 Å². The highest BCUT2D eigenvalue weighted by molar-refractivity contribution is 7.22. The summed E-state index contributed by atoms with van der Waals surface area (Å²) in [5.41, 5.74) is 7.32. The van der Waals surface area contributed by atoms with Crippen LogP contribution in [0.3, 0.4) is 0 Å². The minimum atomic E-state index is -0.773. The molecule has 14 heteroatoms. The molecule has 344 valence electrons. The maximum atomic E-state index is 14.0. The number of nitrogens with zero attached hydrogens (tertiary/aromatic N) is 3. The number of ether oxygens (including phenoxy) is 2. The largest absolute Gasteiger partial charge is 0.457 e. The zero-order chi connectivity index (χ0) is 47.5. The summed E-state index contributed by atoms with van der Waals surface area (Å²) in [6, 6.07) is 37.8. The molecule has 0 bridgehead atoms. The molecule has 68 heavy (non-hydrogen) atoms. The summed E-state index contributed by atoms with van der Waals surface area (Å²) in [5.74, 6) is -0.0717. The topological polar surface area (TPSA) is 169 Å². The Morgan fingerprint density at radius 2 is 1.60 bits per heavy atom. The number of para-hydroxylation sites is 1. The fourth-order valence-corrected chi connectivity index (χ4v) is 9.42. The molecule has 0 aliphatic carbocycles. The van der Waals surface area contributed by atoms with Crippen molar-refractivity contribution >= 4 is 67.8 Å². The second kappa shape index (κ2) is 19.3. The average Bonchev–Trinajstić information content (AvgIpc) is 3.74. The number of nitrogens with one attached hydrogen (secondary N) is 3. The summed E-state index contributed by atoms with van der Waals surface area (Å²) in [6.45, 7) is 8.46. The molecule has 9 rings (SSSR count). The van der Waals surface area contributed by atoms with Crippen molar-refractivity contribution in [2.45, 2.75) is 77.9 Å². The summed E-state index contributed by atoms with van der Waals surface area (Å²) in [4.78, 5) is 76.1. The molecule has 0 saturated carbocycles. The van der Waals surface area contributed by atoms with Gasteiger partial charge in [-0.15, -0.1) is 0 Å². The first-order valence-corrected chi connectivity index (χ1v) is 23.4. The highest BCUT2D eigenvalue weighted by Gasteiger charge is 2.29. The van der Waals surface area contributed by atoms with Gasteiger partial charge in [-0.2, -0.15) is 0 Å². The van der Waals surface area contributed by atoms with Gasteiger partial charge in [0.2, 0.25) is 17.7 Å². The molecule has 13 nitrogen and oxygen atoms in total. The molecule has 2 aromatic heterocycles. The van der Waals surface area contributed by atoms with Crippen LogP contribution >= 0.6 is 11.3 Å². The van der Waals surface area contributed by atoms with Crippen LogP contribution < -0.4 is 25.6 Å². The van der Waals surface area contributed by atoms with Crippen molar-refractivity contribution in [2.24, 2.45) is 0 Å². The second-order valence-electron chi connectivity index (χ2n) is 18.0. The van der Waals surface area contributed by atoms with Crippen LogP contribution in [0.25, 0.3) is 21.3 Å². The van der Waals surface area contributed by atoms with Crippen LogP contribution in [0, 0.1) is 6.92 Å². The Labute approximate surface area is 397 Å². The Kier molecular flexibility index (Phi) is 12.9. The van der Waals surface area contributed by atoms with Gasteiger partial charge in [0.1, 0.15) is 22.9 Å². The van der Waals surface area contributed by atoms with E-state index in [1.54, 1.807) is 24.3 Å². The lowest BCUT2D eigenvalue weighted by Crippen LogP contribution is -2.39. The van der Waals surface area contributed by atoms with E-state index < -0.39 is 11.6 Å². The number of hydrogen-bond donors (Lipinski definition) is 3. The first kappa shape index (κ1) is 45.4. The molecule has 4 heterocycles. The van der Waals surface area contributed by atoms with Crippen molar-refractivity contribution in [3.8, 4) is 22.6 Å². The van der Waals surface area contributed by atoms with Crippen LogP contribution in [0.1, 0.15) is 94.6 Å². The third kappa shape index (κ3) is 10.3. The number of aromatic nitrogens is 2. The SMILES string of the molecule is Cc1c(Oc2ccc(CCC(=O)Nc3ccc(C4CCC(=O)NC4=O)cc3)cc2)cccc1-c1ccc(N2CCc3cccc(C(=O)Nc4nc5ccccc5s4)c3C2)nc1C(=O)OC(C)(C)C. The number of benzene rings is 5. The van der Waals surface area contributed by atoms with Crippen LogP contribution in [0.15, 0.2) is 121 Å². The number of esters is 1. The molecule has 7 aromatic rings. The highest BCUT2D eigenvalue weighted by atomic mass is 32.1. The van der Waals surface area contributed by atoms with Crippen LogP contribution in [-0.2, 0) is 38.5 Å². The molecule has 0 spiro atoms. The molecular weight excluding hydrogens is 877 g/mol. The lowest BCUT2D eigenvalue weighted by molar-refractivity contribution is -0.134. The van der Waals surface area contributed by atoms with E-state index in [0.717, 1.165) is 43.6 Å². The summed E-state index contributed by atoms with van der Waals surface area (Å²) in [5, 5.41) is 8.85. The lowest BCUT2D eigenvalue weighted by atomic mass is 9.90. The smallest absolute Gasteiger partial charge is 0.358 e. The van der Waals surface area contributed by atoms with Crippen molar-refractivity contribution in [3.05, 3.63) is 160 Å². The molecule has 2 aliphatic heterocycles. The Morgan fingerprint density at radius 3 is 2.37 bits per heavy atom. The van der Waals surface area contributed by atoms with Gasteiger partial charge < -0.3 is 19.7 Å². The number of aryl methyl sites for hydroxylation is 1. The number of rotatable bonds is 12. The molecular formula is C54H50N6O7S. The summed E-state index contributed by atoms with van der Waals surface area (Å²) in [6.07, 6.45) is 2.22. The van der Waals surface area contributed by atoms with E-state index >= 15 is 0 Å². The van der Waals surface area contributed by atoms with E-state index in [9.17, 15) is 24.0 Å². The van der Waals surface area contributed by atoms with Gasteiger partial charge in [-0.3, -0.25) is 29.8 Å². The van der Waals surface area contributed by atoms with E-state index in [4.69, 9.17) is 14.5 Å². The molecule has 1 fully saturated rings. The van der Waals surface area contributed by atoms with Crippen molar-refractivity contribution < 1.29 is 33.4 Å². The molecule has 5 aromatic carbocycles. The van der Waals surface area contributed by atoms with Crippen molar-refractivity contribution in [1.82, 2.24) is 15.3 Å². The minimum absolute atomic E-state index is 0.142. The maximum absolute atomic E-state index is 14.0. The lowest BCUT2D eigenvalue weighted by Gasteiger charge is -2.31. The Bertz CT molecular complexity index is 3050. The average molecular weight is 927 g/mol. The highest BCUT2D eigenvalue weighted by Crippen LogP contribution is 2.37. The standard InChI is InChI=1S/C54H50N6O7S/c1-32-38(10-8-13-44(32)66-37-22-15-33(16-23-37)17-27-47(61)55-36-20-18-35(19-21-36)39-25-28-48(62)58-50(39)63)40-24-26-46(57-49(40)52(65)67-54(2,3)4)60-30-29-34-9-7-11-41(42(34)31-60)51(64)59-53-56-43-12-5-6-14-45(43)68-53/h5-16,18-24,26,39H,17,25,27-31H2,1-4H3,(H,55,61)(H,56,59,64)(H,58,62,63). The Hall–Kier alpha value is -7.71. The third-order valence-corrected chi connectivity index (χ3v) is 13.0. The number of carbonyl (C=O) groups excluding carboxylic acids is 5. The fourth-order valence-electron chi connectivity index (χ4n) is 8.56. The number of amides is 4. The molecule has 4 amide bonds. The Balaban J connectivity index is 0.878. The third-order valence-electron chi connectivity index (χ3n) is 12.0. The second-order valence-corrected chi connectivity index (χ2v) is 19.0. The summed E-state index contributed by atoms with van der Waals surface area (Å²) in [7, 11) is 0. The number of pyridine rings is 1. The van der Waals surface area contributed by atoms with Gasteiger partial charge in [0.15, 0.2) is 10.8 Å². The number of anilines is 3. The number of thiazole rings is 1. The van der Waals surface area contributed by atoms with Gasteiger partial charge in [0, 0.05) is 42.7 Å². The first-order valence-electron chi connectivity index (χ1n) is 22.6. The van der Waals surface area contributed by atoms with Crippen LogP contribution in [0.5, 0.6) is 11.5 Å². The zero-order valence-electron chi connectivity index (χ0n) is 38.2. The molecule has 1 saturated heterocycles. The van der Waals surface area contributed by atoms with E-state index in [2.05, 4.69) is 31.9 Å². The summed E-state index contributed by atoms with van der Waals surface area (Å²) < 4.78 is 13.3. The Morgan fingerprint density at radius 1 is 0.824 bits per heavy atom. The van der Waals surface area contributed by atoms with Crippen LogP contribution in [0.4, 0.5) is 16.6 Å². The number of piperidine rings is 1. The molecule has 2 aliphatic rings. The number of fused-ring (bicyclic) bond motifs is 2. The predicted molar refractivity (Wildman–Crippen MR) is 263 cm³/mol. The van der Waals surface area contributed by atoms with Crippen molar-refractivity contribution in [1.29, 1.82) is 0 Å². The minimum Gasteiger partial charge on any atom is -0.457 e. The molecule has 1 atom stereocenters. The van der Waals surface area contributed by atoms with Gasteiger partial charge in [-0.1, -0.05) is 72.0 Å². The fraction of sp³-hybridized carbons (Fsp3) is 0.241. The number of imide groups is 1. The van der Waals surface area contributed by atoms with Gasteiger partial charge in [0.05, 0.1) is 16.1 Å². The maximum Gasteiger partial charge on any atom is 0.358 e. The van der Waals surface area contributed by atoms with Gasteiger partial charge in [0.25, 0.3) is 5.91 Å². The summed E-state index contributed by atoms with van der Waals surface area (Å²) >= 11 is 1.43. The quantitative estimate of drug-likeness (QED) is 0.0792. The van der Waals surface area contributed by atoms with Crippen LogP contribution in [-0.4, -0.2) is 51.7 Å². The normalized spacial score (nSPS) is 14.8.